The summed E-state index contributed by atoms with van der Waals surface area (Å²) in [6.07, 6.45) is 78.4. The van der Waals surface area contributed by atoms with Gasteiger partial charge in [-0.05, 0) is 83.5 Å². The number of allylic oxidation sites excluding steroid dienone is 8. The van der Waals surface area contributed by atoms with Crippen molar-refractivity contribution >= 4 is 17.9 Å². The second-order valence-electron chi connectivity index (χ2n) is 22.0. The smallest absolute Gasteiger partial charge is 0.306 e. The number of carbonyl (C=O) groups is 3. The van der Waals surface area contributed by atoms with Gasteiger partial charge in [-0.3, -0.25) is 14.4 Å². The van der Waals surface area contributed by atoms with Crippen LogP contribution in [-0.2, 0) is 28.6 Å². The SMILES string of the molecule is CCCCCCC/C=C\C/C=C\C/C=C\CCCCCCCCC(=O)OC(COC(=O)CCCCCCCCCCCC)COC(=O)CCCCCCCCCCCCCCC/C=C\CCCCCCCCCC. The lowest BCUT2D eigenvalue weighted by molar-refractivity contribution is -0.167. The second-order valence-corrected chi connectivity index (χ2v) is 22.0. The van der Waals surface area contributed by atoms with Gasteiger partial charge in [-0.15, -0.1) is 0 Å². The van der Waals surface area contributed by atoms with Crippen LogP contribution in [0, 0.1) is 0 Å². The Labute approximate surface area is 460 Å². The zero-order chi connectivity index (χ0) is 53.6. The summed E-state index contributed by atoms with van der Waals surface area (Å²) in [5, 5.41) is 0. The Hall–Kier alpha value is -2.63. The first-order chi connectivity index (χ1) is 36.5. The Morgan fingerprint density at radius 1 is 0.270 bits per heavy atom. The standard InChI is InChI=1S/C68H124O6/c1-4-7-10-13-16-19-22-24-26-28-30-32-33-34-35-37-38-40-42-44-46-49-52-55-58-61-67(70)73-64-65(63-72-66(69)60-57-54-51-48-21-18-15-12-9-6-3)74-68(71)62-59-56-53-50-47-45-43-41-39-36-31-29-27-25-23-20-17-14-11-8-5-2/h23,25,28-31,39,41,65H,4-22,24,26-27,32-38,40,42-64H2,1-3H3/b25-23-,30-28-,31-29-,41-39-. The highest BCUT2D eigenvalue weighted by molar-refractivity contribution is 5.71. The van der Waals surface area contributed by atoms with Crippen molar-refractivity contribution < 1.29 is 28.6 Å². The molecular formula is C68H124O6. The number of rotatable bonds is 60. The number of esters is 3. The normalized spacial score (nSPS) is 12.3. The van der Waals surface area contributed by atoms with E-state index in [4.69, 9.17) is 14.2 Å². The summed E-state index contributed by atoms with van der Waals surface area (Å²) in [6, 6.07) is 0. The van der Waals surface area contributed by atoms with E-state index in [0.717, 1.165) is 77.0 Å². The molecule has 0 saturated carbocycles. The third-order valence-corrected chi connectivity index (χ3v) is 14.6. The van der Waals surface area contributed by atoms with E-state index >= 15 is 0 Å². The monoisotopic (exact) mass is 1040 g/mol. The fraction of sp³-hybridized carbons (Fsp3) is 0.838. The molecule has 0 aliphatic heterocycles. The Kier molecular flexibility index (Phi) is 60.7. The molecular weight excluding hydrogens is 913 g/mol. The van der Waals surface area contributed by atoms with E-state index in [2.05, 4.69) is 69.4 Å². The Morgan fingerprint density at radius 3 is 0.770 bits per heavy atom. The molecule has 0 radical (unpaired) electrons. The van der Waals surface area contributed by atoms with Gasteiger partial charge < -0.3 is 14.2 Å². The summed E-state index contributed by atoms with van der Waals surface area (Å²) in [5.41, 5.74) is 0. The molecule has 0 saturated heterocycles. The highest BCUT2D eigenvalue weighted by Crippen LogP contribution is 2.17. The minimum absolute atomic E-state index is 0.0751. The molecule has 1 unspecified atom stereocenters. The van der Waals surface area contributed by atoms with Crippen LogP contribution < -0.4 is 0 Å². The number of ether oxygens (including phenoxy) is 3. The fourth-order valence-electron chi connectivity index (χ4n) is 9.62. The summed E-state index contributed by atoms with van der Waals surface area (Å²) < 4.78 is 16.9. The molecule has 0 aliphatic carbocycles. The van der Waals surface area contributed by atoms with E-state index in [-0.39, 0.29) is 31.1 Å². The van der Waals surface area contributed by atoms with Crippen molar-refractivity contribution in [3.63, 3.8) is 0 Å². The number of carbonyl (C=O) groups excluding carboxylic acids is 3. The molecule has 1 atom stereocenters. The van der Waals surface area contributed by atoms with E-state index in [0.29, 0.717) is 19.3 Å². The quantitative estimate of drug-likeness (QED) is 0.0261. The maximum atomic E-state index is 12.9. The molecule has 0 aromatic carbocycles. The third-order valence-electron chi connectivity index (χ3n) is 14.6. The van der Waals surface area contributed by atoms with E-state index < -0.39 is 6.10 Å². The number of unbranched alkanes of at least 4 members (excludes halogenated alkanes) is 41. The average molecular weight is 1040 g/mol. The first-order valence-electron chi connectivity index (χ1n) is 32.6. The van der Waals surface area contributed by atoms with Crippen molar-refractivity contribution in [1.29, 1.82) is 0 Å². The third kappa shape index (κ3) is 60.2. The lowest BCUT2D eigenvalue weighted by Gasteiger charge is -2.18. The lowest BCUT2D eigenvalue weighted by Crippen LogP contribution is -2.30. The molecule has 0 aromatic rings. The van der Waals surface area contributed by atoms with Crippen LogP contribution in [0.4, 0.5) is 0 Å². The van der Waals surface area contributed by atoms with Crippen LogP contribution >= 0.6 is 0 Å². The number of hydrogen-bond donors (Lipinski definition) is 0. The maximum absolute atomic E-state index is 12.9. The molecule has 0 bridgehead atoms. The molecule has 6 heteroatoms. The lowest BCUT2D eigenvalue weighted by atomic mass is 10.0. The summed E-state index contributed by atoms with van der Waals surface area (Å²) >= 11 is 0. The topological polar surface area (TPSA) is 78.9 Å². The Balaban J connectivity index is 4.23. The molecule has 0 fully saturated rings. The van der Waals surface area contributed by atoms with Crippen molar-refractivity contribution in [1.82, 2.24) is 0 Å². The molecule has 6 nitrogen and oxygen atoms in total. The predicted octanol–water partition coefficient (Wildman–Crippen LogP) is 22.2. The fourth-order valence-corrected chi connectivity index (χ4v) is 9.62. The molecule has 0 amide bonds. The van der Waals surface area contributed by atoms with Gasteiger partial charge in [0.25, 0.3) is 0 Å². The Morgan fingerprint density at radius 2 is 0.486 bits per heavy atom. The van der Waals surface area contributed by atoms with Crippen LogP contribution in [0.15, 0.2) is 48.6 Å². The van der Waals surface area contributed by atoms with Crippen molar-refractivity contribution in [3.8, 4) is 0 Å². The molecule has 0 spiro atoms. The zero-order valence-electron chi connectivity index (χ0n) is 49.6. The molecule has 0 aromatic heterocycles. The average Bonchev–Trinajstić information content (AvgIpc) is 3.40. The van der Waals surface area contributed by atoms with Gasteiger partial charge in [-0.25, -0.2) is 0 Å². The van der Waals surface area contributed by atoms with Gasteiger partial charge in [0.05, 0.1) is 0 Å². The van der Waals surface area contributed by atoms with E-state index in [1.807, 2.05) is 0 Å². The van der Waals surface area contributed by atoms with Crippen LogP contribution in [0.3, 0.4) is 0 Å². The van der Waals surface area contributed by atoms with Crippen LogP contribution in [0.25, 0.3) is 0 Å². The van der Waals surface area contributed by atoms with Crippen LogP contribution in [-0.4, -0.2) is 37.2 Å². The molecule has 432 valence electrons. The van der Waals surface area contributed by atoms with Gasteiger partial charge in [0.2, 0.25) is 0 Å². The zero-order valence-corrected chi connectivity index (χ0v) is 49.6. The van der Waals surface area contributed by atoms with Crippen molar-refractivity contribution in [2.24, 2.45) is 0 Å². The van der Waals surface area contributed by atoms with E-state index in [1.54, 1.807) is 0 Å². The maximum Gasteiger partial charge on any atom is 0.306 e. The molecule has 0 rings (SSSR count). The Bertz CT molecular complexity index is 1280. The van der Waals surface area contributed by atoms with E-state index in [9.17, 15) is 14.4 Å². The van der Waals surface area contributed by atoms with Gasteiger partial charge in [-0.2, -0.15) is 0 Å². The predicted molar refractivity (Wildman–Crippen MR) is 321 cm³/mol. The largest absolute Gasteiger partial charge is 0.462 e. The first kappa shape index (κ1) is 71.4. The van der Waals surface area contributed by atoms with E-state index in [1.165, 1.54) is 231 Å². The van der Waals surface area contributed by atoms with Gasteiger partial charge in [-0.1, -0.05) is 294 Å². The van der Waals surface area contributed by atoms with Crippen LogP contribution in [0.1, 0.15) is 348 Å². The number of hydrogen-bond acceptors (Lipinski definition) is 6. The second kappa shape index (κ2) is 62.9. The molecule has 0 aliphatic rings. The summed E-state index contributed by atoms with van der Waals surface area (Å²) in [4.78, 5) is 38.2. The highest BCUT2D eigenvalue weighted by Gasteiger charge is 2.19. The van der Waals surface area contributed by atoms with Crippen LogP contribution in [0.5, 0.6) is 0 Å². The summed E-state index contributed by atoms with van der Waals surface area (Å²) in [6.45, 7) is 6.65. The molecule has 0 heterocycles. The van der Waals surface area contributed by atoms with Gasteiger partial charge in [0.15, 0.2) is 6.10 Å². The molecule has 74 heavy (non-hydrogen) atoms. The van der Waals surface area contributed by atoms with Crippen LogP contribution in [0.2, 0.25) is 0 Å². The van der Waals surface area contributed by atoms with Crippen molar-refractivity contribution in [2.75, 3.05) is 13.2 Å². The highest BCUT2D eigenvalue weighted by atomic mass is 16.6. The van der Waals surface area contributed by atoms with Gasteiger partial charge in [0.1, 0.15) is 13.2 Å². The minimum atomic E-state index is -0.778. The van der Waals surface area contributed by atoms with Gasteiger partial charge >= 0.3 is 17.9 Å². The first-order valence-corrected chi connectivity index (χ1v) is 32.6. The van der Waals surface area contributed by atoms with Gasteiger partial charge in [0, 0.05) is 19.3 Å². The minimum Gasteiger partial charge on any atom is -0.462 e. The van der Waals surface area contributed by atoms with Crippen molar-refractivity contribution in [2.45, 2.75) is 354 Å². The van der Waals surface area contributed by atoms with Crippen molar-refractivity contribution in [3.05, 3.63) is 48.6 Å². The summed E-state index contributed by atoms with van der Waals surface area (Å²) in [7, 11) is 0. The molecule has 0 N–H and O–H groups in total. The summed E-state index contributed by atoms with van der Waals surface area (Å²) in [5.74, 6) is -0.870.